The van der Waals surface area contributed by atoms with Gasteiger partial charge in [0.25, 0.3) is 11.8 Å². The minimum atomic E-state index is -4.06. The number of nitrogens with one attached hydrogen (secondary N) is 2. The van der Waals surface area contributed by atoms with E-state index >= 15 is 0 Å². The number of thiocarbonyl (C=S) groups is 1. The van der Waals surface area contributed by atoms with Gasteiger partial charge in [0, 0.05) is 5.56 Å². The van der Waals surface area contributed by atoms with Crippen LogP contribution in [-0.4, -0.2) is 25.3 Å². The predicted octanol–water partition coefficient (Wildman–Crippen LogP) is 1.37. The van der Waals surface area contributed by atoms with Gasteiger partial charge >= 0.3 is 10.1 Å². The Morgan fingerprint density at radius 2 is 1.46 bits per heavy atom. The first kappa shape index (κ1) is 17.8. The van der Waals surface area contributed by atoms with E-state index in [1.54, 1.807) is 30.3 Å². The van der Waals surface area contributed by atoms with Crippen molar-refractivity contribution in [2.75, 3.05) is 0 Å². The molecular formula is C17H12N2O5S2. The van der Waals surface area contributed by atoms with Gasteiger partial charge in [0.05, 0.1) is 0 Å². The molecule has 2 aromatic rings. The van der Waals surface area contributed by atoms with Crippen molar-refractivity contribution in [1.29, 1.82) is 0 Å². The van der Waals surface area contributed by atoms with Gasteiger partial charge in [-0.05, 0) is 36.5 Å². The van der Waals surface area contributed by atoms with Crippen molar-refractivity contribution in [3.8, 4) is 5.75 Å². The van der Waals surface area contributed by atoms with Gasteiger partial charge in [-0.3, -0.25) is 20.2 Å². The molecule has 9 heteroatoms. The lowest BCUT2D eigenvalue weighted by Crippen LogP contribution is -2.51. The Morgan fingerprint density at radius 3 is 2.12 bits per heavy atom. The van der Waals surface area contributed by atoms with Crippen molar-refractivity contribution >= 4 is 45.3 Å². The summed E-state index contributed by atoms with van der Waals surface area (Å²) < 4.78 is 30.0. The van der Waals surface area contributed by atoms with Gasteiger partial charge in [0.15, 0.2) is 5.11 Å². The molecule has 0 atom stereocenters. The van der Waals surface area contributed by atoms with Gasteiger partial charge in [-0.25, -0.2) is 0 Å². The van der Waals surface area contributed by atoms with Crippen LogP contribution in [0.2, 0.25) is 0 Å². The van der Waals surface area contributed by atoms with Crippen molar-refractivity contribution in [2.45, 2.75) is 4.90 Å². The molecule has 3 rings (SSSR count). The molecule has 1 aliphatic rings. The number of carbonyl (C=O) groups is 2. The standard InChI is InChI=1S/C17H12N2O5S2/c20-15-13(16(21)19-17(25)18-15)10-11-6-4-5-9-14(11)24-26(22,23)12-7-2-1-3-8-12/h1-10H,(H2,18,19,20,21,25). The molecule has 1 fully saturated rings. The highest BCUT2D eigenvalue weighted by Crippen LogP contribution is 2.25. The minimum Gasteiger partial charge on any atom is -0.378 e. The fourth-order valence-corrected chi connectivity index (χ4v) is 3.35. The van der Waals surface area contributed by atoms with E-state index in [0.717, 1.165) is 0 Å². The van der Waals surface area contributed by atoms with Crippen LogP contribution in [0.4, 0.5) is 0 Å². The first-order chi connectivity index (χ1) is 12.4. The smallest absolute Gasteiger partial charge is 0.339 e. The average molecular weight is 388 g/mol. The molecule has 2 N–H and O–H groups in total. The zero-order valence-electron chi connectivity index (χ0n) is 13.1. The summed E-state index contributed by atoms with van der Waals surface area (Å²) in [6.07, 6.45) is 1.24. The van der Waals surface area contributed by atoms with Crippen LogP contribution < -0.4 is 14.8 Å². The monoisotopic (exact) mass is 388 g/mol. The molecule has 7 nitrogen and oxygen atoms in total. The van der Waals surface area contributed by atoms with Gasteiger partial charge in [-0.2, -0.15) is 8.42 Å². The molecule has 2 aromatic carbocycles. The summed E-state index contributed by atoms with van der Waals surface area (Å²) in [6, 6.07) is 13.8. The number of hydrogen-bond donors (Lipinski definition) is 2. The molecule has 0 unspecified atom stereocenters. The molecule has 0 saturated carbocycles. The second-order valence-corrected chi connectivity index (χ2v) is 7.14. The van der Waals surface area contributed by atoms with Crippen molar-refractivity contribution in [2.24, 2.45) is 0 Å². The third-order valence-electron chi connectivity index (χ3n) is 3.39. The summed E-state index contributed by atoms with van der Waals surface area (Å²) in [6.45, 7) is 0. The summed E-state index contributed by atoms with van der Waals surface area (Å²) >= 11 is 4.73. The number of carbonyl (C=O) groups excluding carboxylic acids is 2. The van der Waals surface area contributed by atoms with Gasteiger partial charge in [-0.15, -0.1) is 0 Å². The Morgan fingerprint density at radius 1 is 0.885 bits per heavy atom. The SMILES string of the molecule is O=C1NC(=S)NC(=O)C1=Cc1ccccc1OS(=O)(=O)c1ccccc1. The van der Waals surface area contributed by atoms with E-state index in [9.17, 15) is 18.0 Å². The molecule has 1 heterocycles. The van der Waals surface area contributed by atoms with Gasteiger partial charge in [-0.1, -0.05) is 36.4 Å². The van der Waals surface area contributed by atoms with Crippen LogP contribution in [0.1, 0.15) is 5.56 Å². The number of amides is 2. The molecule has 0 spiro atoms. The van der Waals surface area contributed by atoms with E-state index in [1.165, 1.54) is 30.3 Å². The second-order valence-electron chi connectivity index (χ2n) is 5.18. The molecule has 0 radical (unpaired) electrons. The van der Waals surface area contributed by atoms with E-state index in [0.29, 0.717) is 0 Å². The molecule has 0 aromatic heterocycles. The third kappa shape index (κ3) is 3.79. The van der Waals surface area contributed by atoms with Gasteiger partial charge < -0.3 is 4.18 Å². The molecule has 26 heavy (non-hydrogen) atoms. The first-order valence-corrected chi connectivity index (χ1v) is 9.15. The normalized spacial score (nSPS) is 14.5. The van der Waals surface area contributed by atoms with Crippen molar-refractivity contribution in [3.63, 3.8) is 0 Å². The van der Waals surface area contributed by atoms with E-state index < -0.39 is 21.9 Å². The highest BCUT2D eigenvalue weighted by Gasteiger charge is 2.26. The summed E-state index contributed by atoms with van der Waals surface area (Å²) in [5.41, 5.74) is 0.0342. The number of rotatable bonds is 4. The summed E-state index contributed by atoms with van der Waals surface area (Å²) in [7, 11) is -4.06. The Kier molecular flexibility index (Phi) is 4.83. The molecule has 1 saturated heterocycles. The molecule has 0 bridgehead atoms. The summed E-state index contributed by atoms with van der Waals surface area (Å²) in [5, 5.41) is 4.52. The fourth-order valence-electron chi connectivity index (χ4n) is 2.19. The summed E-state index contributed by atoms with van der Waals surface area (Å²) in [4.78, 5) is 23.9. The van der Waals surface area contributed by atoms with Gasteiger partial charge in [0.2, 0.25) is 0 Å². The van der Waals surface area contributed by atoms with Crippen LogP contribution >= 0.6 is 12.2 Å². The minimum absolute atomic E-state index is 0.0130. The van der Waals surface area contributed by atoms with Crippen LogP contribution in [0.25, 0.3) is 6.08 Å². The lowest BCUT2D eigenvalue weighted by Gasteiger charge is -2.17. The highest BCUT2D eigenvalue weighted by molar-refractivity contribution is 7.87. The molecule has 132 valence electrons. The number of benzene rings is 2. The lowest BCUT2D eigenvalue weighted by molar-refractivity contribution is -0.123. The topological polar surface area (TPSA) is 102 Å². The quantitative estimate of drug-likeness (QED) is 0.355. The second kappa shape index (κ2) is 7.06. The van der Waals surface area contributed by atoms with Crippen molar-refractivity contribution < 1.29 is 22.2 Å². The Hall–Kier alpha value is -3.04. The highest BCUT2D eigenvalue weighted by atomic mass is 32.2. The molecular weight excluding hydrogens is 376 g/mol. The van der Waals surface area contributed by atoms with Crippen LogP contribution in [0.5, 0.6) is 5.75 Å². The third-order valence-corrected chi connectivity index (χ3v) is 4.85. The fraction of sp³-hybridized carbons (Fsp3) is 0. The lowest BCUT2D eigenvalue weighted by atomic mass is 10.1. The molecule has 2 amide bonds. The predicted molar refractivity (Wildman–Crippen MR) is 97.6 cm³/mol. The van der Waals surface area contributed by atoms with Crippen LogP contribution in [-0.2, 0) is 19.7 Å². The van der Waals surface area contributed by atoms with E-state index in [-0.39, 0.29) is 26.9 Å². The van der Waals surface area contributed by atoms with E-state index in [2.05, 4.69) is 10.6 Å². The maximum absolute atomic E-state index is 12.4. The molecule has 0 aliphatic carbocycles. The van der Waals surface area contributed by atoms with Gasteiger partial charge in [0.1, 0.15) is 16.2 Å². The largest absolute Gasteiger partial charge is 0.378 e. The molecule has 1 aliphatic heterocycles. The Balaban J connectivity index is 1.97. The van der Waals surface area contributed by atoms with Crippen LogP contribution in [0.3, 0.4) is 0 Å². The number of para-hydroxylation sites is 1. The van der Waals surface area contributed by atoms with E-state index in [4.69, 9.17) is 16.4 Å². The average Bonchev–Trinajstić information content (AvgIpc) is 2.60. The summed E-state index contributed by atoms with van der Waals surface area (Å²) in [5.74, 6) is -1.38. The van der Waals surface area contributed by atoms with E-state index in [1.807, 2.05) is 0 Å². The zero-order chi connectivity index (χ0) is 18.7. The first-order valence-electron chi connectivity index (χ1n) is 7.34. The van der Waals surface area contributed by atoms with Crippen molar-refractivity contribution in [1.82, 2.24) is 10.6 Å². The van der Waals surface area contributed by atoms with Crippen molar-refractivity contribution in [3.05, 3.63) is 65.7 Å². The maximum Gasteiger partial charge on any atom is 0.339 e. The maximum atomic E-state index is 12.4. The zero-order valence-corrected chi connectivity index (χ0v) is 14.8. The van der Waals surface area contributed by atoms with Crippen LogP contribution in [0, 0.1) is 0 Å². The Labute approximate surface area is 154 Å². The number of hydrogen-bond acceptors (Lipinski definition) is 6. The van der Waals surface area contributed by atoms with Crippen LogP contribution in [0.15, 0.2) is 65.1 Å². The Bertz CT molecular complexity index is 1010.